The van der Waals surface area contributed by atoms with Crippen molar-refractivity contribution in [2.24, 2.45) is 0 Å². The molecule has 3 heterocycles. The first-order chi connectivity index (χ1) is 11.8. The molecule has 2 aliphatic rings. The third-order valence-electron chi connectivity index (χ3n) is 5.30. The summed E-state index contributed by atoms with van der Waals surface area (Å²) in [5.41, 5.74) is 3.97. The molecule has 1 aromatic heterocycles. The van der Waals surface area contributed by atoms with Crippen LogP contribution in [0.15, 0.2) is 54.7 Å². The Morgan fingerprint density at radius 3 is 2.79 bits per heavy atom. The number of pyridine rings is 1. The maximum absolute atomic E-state index is 5.48. The molecule has 0 amide bonds. The van der Waals surface area contributed by atoms with Crippen LogP contribution in [-0.4, -0.2) is 29.1 Å². The van der Waals surface area contributed by atoms with Crippen molar-refractivity contribution in [2.75, 3.05) is 7.11 Å². The fraction of sp³-hybridized carbons (Fsp3) is 0.381. The molecule has 1 saturated heterocycles. The standard InChI is InChI=1S/C21H24N2O/c1-24-21-20(11-6-12-22-21)17-13-18-9-5-10-19(14-17)23(18)15-16-7-3-2-4-8-16/h2-4,6-8,11-13,18-19H,5,9-10,14-15H2,1H3. The Bertz CT molecular complexity index is 726. The van der Waals surface area contributed by atoms with Gasteiger partial charge < -0.3 is 4.74 Å². The molecule has 4 rings (SSSR count). The highest BCUT2D eigenvalue weighted by Crippen LogP contribution is 2.39. The number of rotatable bonds is 4. The summed E-state index contributed by atoms with van der Waals surface area (Å²) in [6, 6.07) is 16.1. The second-order valence-electron chi connectivity index (χ2n) is 6.77. The first-order valence-corrected chi connectivity index (χ1v) is 8.85. The molecule has 2 bridgehead atoms. The second-order valence-corrected chi connectivity index (χ2v) is 6.77. The number of piperidine rings is 1. The summed E-state index contributed by atoms with van der Waals surface area (Å²) >= 11 is 0. The topological polar surface area (TPSA) is 25.4 Å². The van der Waals surface area contributed by atoms with Gasteiger partial charge in [0.05, 0.1) is 7.11 Å². The Morgan fingerprint density at radius 1 is 1.12 bits per heavy atom. The number of aromatic nitrogens is 1. The van der Waals surface area contributed by atoms with Crippen LogP contribution in [0.2, 0.25) is 0 Å². The van der Waals surface area contributed by atoms with Gasteiger partial charge in [0.25, 0.3) is 0 Å². The van der Waals surface area contributed by atoms with Crippen LogP contribution in [0.1, 0.15) is 36.8 Å². The molecule has 2 aliphatic heterocycles. The smallest absolute Gasteiger partial charge is 0.220 e. The van der Waals surface area contributed by atoms with E-state index in [9.17, 15) is 0 Å². The lowest BCUT2D eigenvalue weighted by Gasteiger charge is -2.45. The van der Waals surface area contributed by atoms with Crippen molar-refractivity contribution in [2.45, 2.75) is 44.3 Å². The average molecular weight is 320 g/mol. The van der Waals surface area contributed by atoms with Gasteiger partial charge in [-0.05, 0) is 42.5 Å². The van der Waals surface area contributed by atoms with Crippen molar-refractivity contribution in [3.8, 4) is 5.88 Å². The lowest BCUT2D eigenvalue weighted by atomic mass is 9.82. The van der Waals surface area contributed by atoms with Gasteiger partial charge >= 0.3 is 0 Å². The molecule has 24 heavy (non-hydrogen) atoms. The van der Waals surface area contributed by atoms with E-state index in [2.05, 4.69) is 52.4 Å². The summed E-state index contributed by atoms with van der Waals surface area (Å²) in [7, 11) is 1.71. The molecule has 3 heteroatoms. The van der Waals surface area contributed by atoms with E-state index in [4.69, 9.17) is 4.74 Å². The molecule has 1 aromatic carbocycles. The molecule has 124 valence electrons. The van der Waals surface area contributed by atoms with Gasteiger partial charge in [-0.15, -0.1) is 0 Å². The van der Waals surface area contributed by atoms with E-state index in [1.54, 1.807) is 13.3 Å². The van der Waals surface area contributed by atoms with Gasteiger partial charge in [0.2, 0.25) is 5.88 Å². The molecule has 0 saturated carbocycles. The molecule has 1 fully saturated rings. The maximum atomic E-state index is 5.48. The number of methoxy groups -OCH3 is 1. The van der Waals surface area contributed by atoms with Crippen LogP contribution in [0.4, 0.5) is 0 Å². The van der Waals surface area contributed by atoms with Crippen LogP contribution in [0.5, 0.6) is 5.88 Å². The Labute approximate surface area is 144 Å². The fourth-order valence-electron chi connectivity index (χ4n) is 4.16. The fourth-order valence-corrected chi connectivity index (χ4v) is 4.16. The first kappa shape index (κ1) is 15.4. The van der Waals surface area contributed by atoms with Crippen molar-refractivity contribution in [1.29, 1.82) is 0 Å². The largest absolute Gasteiger partial charge is 0.481 e. The van der Waals surface area contributed by atoms with Gasteiger partial charge in [-0.2, -0.15) is 0 Å². The normalized spacial score (nSPS) is 23.6. The lowest BCUT2D eigenvalue weighted by molar-refractivity contribution is 0.0950. The van der Waals surface area contributed by atoms with Crippen LogP contribution in [0, 0.1) is 0 Å². The Kier molecular flexibility index (Phi) is 4.35. The average Bonchev–Trinajstić information content (AvgIpc) is 2.62. The van der Waals surface area contributed by atoms with E-state index in [1.807, 2.05) is 6.07 Å². The van der Waals surface area contributed by atoms with Gasteiger partial charge in [-0.1, -0.05) is 42.8 Å². The van der Waals surface area contributed by atoms with Gasteiger partial charge in [-0.3, -0.25) is 4.90 Å². The minimum Gasteiger partial charge on any atom is -0.481 e. The quantitative estimate of drug-likeness (QED) is 0.840. The molecular weight excluding hydrogens is 296 g/mol. The lowest BCUT2D eigenvalue weighted by Crippen LogP contribution is -2.47. The molecule has 2 aromatic rings. The van der Waals surface area contributed by atoms with E-state index in [0.29, 0.717) is 12.1 Å². The van der Waals surface area contributed by atoms with E-state index in [1.165, 1.54) is 30.4 Å². The van der Waals surface area contributed by atoms with E-state index >= 15 is 0 Å². The minimum absolute atomic E-state index is 0.526. The molecule has 3 nitrogen and oxygen atoms in total. The summed E-state index contributed by atoms with van der Waals surface area (Å²) in [6.45, 7) is 1.05. The van der Waals surface area contributed by atoms with E-state index < -0.39 is 0 Å². The van der Waals surface area contributed by atoms with E-state index in [0.717, 1.165) is 24.4 Å². The van der Waals surface area contributed by atoms with Crippen LogP contribution >= 0.6 is 0 Å². The third-order valence-corrected chi connectivity index (χ3v) is 5.30. The zero-order valence-corrected chi connectivity index (χ0v) is 14.2. The minimum atomic E-state index is 0.526. The van der Waals surface area contributed by atoms with E-state index in [-0.39, 0.29) is 0 Å². The van der Waals surface area contributed by atoms with Crippen molar-refractivity contribution in [1.82, 2.24) is 9.88 Å². The predicted molar refractivity (Wildman–Crippen MR) is 96.8 cm³/mol. The monoisotopic (exact) mass is 320 g/mol. The molecule has 0 aliphatic carbocycles. The number of ether oxygens (including phenoxy) is 1. The highest BCUT2D eigenvalue weighted by molar-refractivity contribution is 5.71. The zero-order valence-electron chi connectivity index (χ0n) is 14.2. The molecular formula is C21H24N2O. The maximum Gasteiger partial charge on any atom is 0.220 e. The summed E-state index contributed by atoms with van der Waals surface area (Å²) in [5, 5.41) is 0. The number of nitrogens with zero attached hydrogens (tertiary/aromatic N) is 2. The Balaban J connectivity index is 1.62. The van der Waals surface area contributed by atoms with Crippen LogP contribution in [0.25, 0.3) is 5.57 Å². The Morgan fingerprint density at radius 2 is 2.00 bits per heavy atom. The highest BCUT2D eigenvalue weighted by Gasteiger charge is 2.34. The summed E-state index contributed by atoms with van der Waals surface area (Å²) in [5.74, 6) is 0.748. The molecule has 2 unspecified atom stereocenters. The highest BCUT2D eigenvalue weighted by atomic mass is 16.5. The van der Waals surface area contributed by atoms with Crippen LogP contribution < -0.4 is 4.74 Å². The second kappa shape index (κ2) is 6.78. The summed E-state index contributed by atoms with van der Waals surface area (Å²) in [4.78, 5) is 7.06. The van der Waals surface area contributed by atoms with Gasteiger partial charge in [0.15, 0.2) is 0 Å². The van der Waals surface area contributed by atoms with Crippen molar-refractivity contribution < 1.29 is 4.74 Å². The van der Waals surface area contributed by atoms with Crippen molar-refractivity contribution >= 4 is 5.57 Å². The zero-order chi connectivity index (χ0) is 16.4. The number of hydrogen-bond acceptors (Lipinski definition) is 3. The number of hydrogen-bond donors (Lipinski definition) is 0. The third kappa shape index (κ3) is 2.96. The molecule has 0 radical (unpaired) electrons. The van der Waals surface area contributed by atoms with Gasteiger partial charge in [-0.25, -0.2) is 4.98 Å². The summed E-state index contributed by atoms with van der Waals surface area (Å²) < 4.78 is 5.48. The van der Waals surface area contributed by atoms with Crippen LogP contribution in [-0.2, 0) is 6.54 Å². The van der Waals surface area contributed by atoms with Crippen molar-refractivity contribution in [3.05, 3.63) is 65.9 Å². The molecule has 0 N–H and O–H groups in total. The molecule has 0 spiro atoms. The van der Waals surface area contributed by atoms with Crippen molar-refractivity contribution in [3.63, 3.8) is 0 Å². The predicted octanol–water partition coefficient (Wildman–Crippen LogP) is 4.30. The molecule has 2 atom stereocenters. The summed E-state index contributed by atoms with van der Waals surface area (Å²) in [6.07, 6.45) is 9.20. The van der Waals surface area contributed by atoms with Gasteiger partial charge in [0, 0.05) is 30.4 Å². The number of fused-ring (bicyclic) bond motifs is 2. The number of benzene rings is 1. The van der Waals surface area contributed by atoms with Crippen LogP contribution in [0.3, 0.4) is 0 Å². The Hall–Kier alpha value is -2.13. The SMILES string of the molecule is COc1ncccc1C1=CC2CCCC(C1)N2Cc1ccccc1. The van der Waals surface area contributed by atoms with Gasteiger partial charge in [0.1, 0.15) is 0 Å². The first-order valence-electron chi connectivity index (χ1n) is 8.85.